The fourth-order valence-corrected chi connectivity index (χ4v) is 1.92. The summed E-state index contributed by atoms with van der Waals surface area (Å²) in [6.45, 7) is 0.489. The summed E-state index contributed by atoms with van der Waals surface area (Å²) in [5.74, 6) is 0.157. The average molecular weight is 170 g/mol. The molecule has 1 spiro atoms. The van der Waals surface area contributed by atoms with E-state index in [0.29, 0.717) is 13.0 Å². The van der Waals surface area contributed by atoms with Crippen LogP contribution in [-0.2, 0) is 4.79 Å². The summed E-state index contributed by atoms with van der Waals surface area (Å²) in [6, 6.07) is 0. The first-order valence-electron chi connectivity index (χ1n) is 4.35. The van der Waals surface area contributed by atoms with Gasteiger partial charge >= 0.3 is 0 Å². The van der Waals surface area contributed by atoms with E-state index in [2.05, 4.69) is 0 Å². The van der Waals surface area contributed by atoms with Crippen molar-refractivity contribution in [2.75, 3.05) is 20.2 Å². The molecule has 68 valence electrons. The largest absolute Gasteiger partial charge is 0.394 e. The second-order valence-electron chi connectivity index (χ2n) is 3.67. The van der Waals surface area contributed by atoms with Crippen LogP contribution in [0.25, 0.3) is 0 Å². The van der Waals surface area contributed by atoms with Gasteiger partial charge in [-0.25, -0.2) is 5.01 Å². The van der Waals surface area contributed by atoms with E-state index in [1.165, 1.54) is 0 Å². The van der Waals surface area contributed by atoms with Crippen LogP contribution in [0.15, 0.2) is 0 Å². The van der Waals surface area contributed by atoms with Crippen molar-refractivity contribution >= 4 is 5.91 Å². The average Bonchev–Trinajstić information content (AvgIpc) is 2.75. The maximum atomic E-state index is 11.4. The summed E-state index contributed by atoms with van der Waals surface area (Å²) in [7, 11) is 1.94. The van der Waals surface area contributed by atoms with Crippen LogP contribution in [0.1, 0.15) is 19.3 Å². The third kappa shape index (κ3) is 0.949. The highest BCUT2D eigenvalue weighted by Gasteiger charge is 2.55. The maximum Gasteiger partial charge on any atom is 0.238 e. The molecule has 0 aromatic heterocycles. The lowest BCUT2D eigenvalue weighted by Crippen LogP contribution is -2.42. The van der Waals surface area contributed by atoms with E-state index in [0.717, 1.165) is 12.8 Å². The molecule has 1 aliphatic carbocycles. The van der Waals surface area contributed by atoms with Crippen molar-refractivity contribution in [3.05, 3.63) is 0 Å². The first-order valence-corrected chi connectivity index (χ1v) is 4.35. The molecule has 2 aliphatic rings. The van der Waals surface area contributed by atoms with Gasteiger partial charge in [0.25, 0.3) is 0 Å². The highest BCUT2D eigenvalue weighted by Crippen LogP contribution is 2.48. The SMILES string of the molecule is CN1N(CCO)C(=O)CC12CC2. The zero-order valence-electron chi connectivity index (χ0n) is 7.29. The number of hydrazine groups is 1. The molecule has 4 nitrogen and oxygen atoms in total. The third-order valence-corrected chi connectivity index (χ3v) is 2.96. The van der Waals surface area contributed by atoms with E-state index < -0.39 is 0 Å². The number of aliphatic hydroxyl groups excluding tert-OH is 1. The standard InChI is InChI=1S/C8H14N2O2/c1-9-8(2-3-8)6-7(12)10(9)4-5-11/h11H,2-6H2,1H3. The molecule has 1 aliphatic heterocycles. The zero-order chi connectivity index (χ0) is 8.77. The minimum absolute atomic E-state index is 0.0478. The Morgan fingerprint density at radius 1 is 1.58 bits per heavy atom. The molecule has 0 unspecified atom stereocenters. The number of rotatable bonds is 2. The normalized spacial score (nSPS) is 27.2. The number of aliphatic hydroxyl groups is 1. The molecule has 0 aromatic carbocycles. The lowest BCUT2D eigenvalue weighted by molar-refractivity contribution is -0.138. The van der Waals surface area contributed by atoms with Crippen molar-refractivity contribution in [2.24, 2.45) is 0 Å². The molecular weight excluding hydrogens is 156 g/mol. The van der Waals surface area contributed by atoms with E-state index in [4.69, 9.17) is 5.11 Å². The Bertz CT molecular complexity index is 213. The highest BCUT2D eigenvalue weighted by atomic mass is 16.3. The number of hydrogen-bond donors (Lipinski definition) is 1. The Morgan fingerprint density at radius 2 is 2.25 bits per heavy atom. The van der Waals surface area contributed by atoms with Crippen LogP contribution < -0.4 is 0 Å². The van der Waals surface area contributed by atoms with Gasteiger partial charge in [0.2, 0.25) is 5.91 Å². The summed E-state index contributed by atoms with van der Waals surface area (Å²) in [5, 5.41) is 12.4. The van der Waals surface area contributed by atoms with Gasteiger partial charge in [0, 0.05) is 19.0 Å². The summed E-state index contributed by atoms with van der Waals surface area (Å²) < 4.78 is 0. The smallest absolute Gasteiger partial charge is 0.238 e. The highest BCUT2D eigenvalue weighted by molar-refractivity contribution is 5.80. The van der Waals surface area contributed by atoms with Gasteiger partial charge in [0.05, 0.1) is 13.2 Å². The molecule has 4 heteroatoms. The maximum absolute atomic E-state index is 11.4. The first kappa shape index (κ1) is 8.01. The van der Waals surface area contributed by atoms with E-state index in [1.54, 1.807) is 5.01 Å². The van der Waals surface area contributed by atoms with Crippen molar-refractivity contribution in [3.63, 3.8) is 0 Å². The van der Waals surface area contributed by atoms with Crippen molar-refractivity contribution in [1.29, 1.82) is 0 Å². The summed E-state index contributed by atoms with van der Waals surface area (Å²) >= 11 is 0. The second-order valence-corrected chi connectivity index (χ2v) is 3.67. The van der Waals surface area contributed by atoms with Crippen molar-refractivity contribution in [3.8, 4) is 0 Å². The number of carbonyl (C=O) groups excluding carboxylic acids is 1. The van der Waals surface area contributed by atoms with E-state index in [9.17, 15) is 4.79 Å². The molecule has 1 N–H and O–H groups in total. The molecule has 0 aromatic rings. The van der Waals surface area contributed by atoms with E-state index in [1.807, 2.05) is 12.1 Å². The van der Waals surface area contributed by atoms with Gasteiger partial charge in [-0.1, -0.05) is 0 Å². The lowest BCUT2D eigenvalue weighted by atomic mass is 10.2. The quantitative estimate of drug-likeness (QED) is 0.612. The van der Waals surface area contributed by atoms with E-state index in [-0.39, 0.29) is 18.1 Å². The number of amides is 1. The molecule has 0 radical (unpaired) electrons. The van der Waals surface area contributed by atoms with Crippen LogP contribution in [0, 0.1) is 0 Å². The van der Waals surface area contributed by atoms with Crippen LogP contribution in [0.3, 0.4) is 0 Å². The molecule has 0 bridgehead atoms. The molecule has 1 saturated heterocycles. The van der Waals surface area contributed by atoms with Crippen LogP contribution in [0.5, 0.6) is 0 Å². The number of nitrogens with zero attached hydrogens (tertiary/aromatic N) is 2. The predicted molar refractivity (Wildman–Crippen MR) is 43.1 cm³/mol. The minimum Gasteiger partial charge on any atom is -0.394 e. The Morgan fingerprint density at radius 3 is 2.67 bits per heavy atom. The predicted octanol–water partition coefficient (Wildman–Crippen LogP) is -0.410. The summed E-state index contributed by atoms with van der Waals surface area (Å²) in [5.41, 5.74) is 0.145. The molecule has 2 fully saturated rings. The fraction of sp³-hybridized carbons (Fsp3) is 0.875. The van der Waals surface area contributed by atoms with E-state index >= 15 is 0 Å². The van der Waals surface area contributed by atoms with Gasteiger partial charge in [-0.3, -0.25) is 9.80 Å². The van der Waals surface area contributed by atoms with Crippen molar-refractivity contribution < 1.29 is 9.90 Å². The molecular formula is C8H14N2O2. The van der Waals surface area contributed by atoms with Gasteiger partial charge in [0.1, 0.15) is 0 Å². The molecule has 1 heterocycles. The Balaban J connectivity index is 2.09. The monoisotopic (exact) mass is 170 g/mol. The van der Waals surface area contributed by atoms with Crippen molar-refractivity contribution in [1.82, 2.24) is 10.0 Å². The minimum atomic E-state index is 0.0478. The molecule has 12 heavy (non-hydrogen) atoms. The Hall–Kier alpha value is -0.610. The Kier molecular flexibility index (Phi) is 1.63. The van der Waals surface area contributed by atoms with Crippen molar-refractivity contribution in [2.45, 2.75) is 24.8 Å². The number of β-amino-alcohol motifs (C(OH)–C–C–N with tert-alkyl or cyclic N) is 1. The second kappa shape index (κ2) is 2.44. The fourth-order valence-electron chi connectivity index (χ4n) is 1.92. The third-order valence-electron chi connectivity index (χ3n) is 2.96. The molecule has 1 amide bonds. The zero-order valence-corrected chi connectivity index (χ0v) is 7.29. The Labute approximate surface area is 71.7 Å². The summed E-state index contributed by atoms with van der Waals surface area (Å²) in [6.07, 6.45) is 2.89. The van der Waals surface area contributed by atoms with Gasteiger partial charge < -0.3 is 5.11 Å². The first-order chi connectivity index (χ1) is 5.69. The lowest BCUT2D eigenvalue weighted by Gasteiger charge is -2.27. The molecule has 2 rings (SSSR count). The van der Waals surface area contributed by atoms with Gasteiger partial charge in [-0.15, -0.1) is 0 Å². The van der Waals surface area contributed by atoms with Crippen LogP contribution in [0.4, 0.5) is 0 Å². The molecule has 0 atom stereocenters. The summed E-state index contributed by atoms with van der Waals surface area (Å²) in [4.78, 5) is 11.4. The number of carbonyl (C=O) groups is 1. The number of hydrogen-bond acceptors (Lipinski definition) is 3. The van der Waals surface area contributed by atoms with Gasteiger partial charge in [-0.2, -0.15) is 0 Å². The van der Waals surface area contributed by atoms with Gasteiger partial charge in [-0.05, 0) is 12.8 Å². The van der Waals surface area contributed by atoms with Crippen LogP contribution in [0.2, 0.25) is 0 Å². The topological polar surface area (TPSA) is 43.8 Å². The van der Waals surface area contributed by atoms with Gasteiger partial charge in [0.15, 0.2) is 0 Å². The van der Waals surface area contributed by atoms with Crippen LogP contribution in [-0.4, -0.2) is 46.8 Å². The van der Waals surface area contributed by atoms with Crippen LogP contribution >= 0.6 is 0 Å². The molecule has 1 saturated carbocycles.